The lowest BCUT2D eigenvalue weighted by Crippen LogP contribution is -2.28. The number of fused-ring (bicyclic) bond motifs is 1. The SMILES string of the molecule is CC1=CC2(C)C=NC=CC2C=C1F. The van der Waals surface area contributed by atoms with Gasteiger partial charge in [0, 0.05) is 23.7 Å². The molecule has 2 rings (SSSR count). The first-order chi connectivity index (χ1) is 6.12. The monoisotopic (exact) mass is 177 g/mol. The number of nitrogens with zero attached hydrogens (tertiary/aromatic N) is 1. The third-order valence-corrected chi connectivity index (χ3v) is 2.68. The zero-order chi connectivity index (χ0) is 9.47. The van der Waals surface area contributed by atoms with Gasteiger partial charge in [0.1, 0.15) is 5.83 Å². The lowest BCUT2D eigenvalue weighted by molar-refractivity contribution is 0.471. The van der Waals surface area contributed by atoms with Gasteiger partial charge in [0.05, 0.1) is 0 Å². The van der Waals surface area contributed by atoms with Crippen LogP contribution in [0.2, 0.25) is 0 Å². The molecule has 0 spiro atoms. The first-order valence-electron chi connectivity index (χ1n) is 4.40. The summed E-state index contributed by atoms with van der Waals surface area (Å²) in [4.78, 5) is 4.09. The summed E-state index contributed by atoms with van der Waals surface area (Å²) in [6, 6.07) is 0. The average molecular weight is 177 g/mol. The summed E-state index contributed by atoms with van der Waals surface area (Å²) in [7, 11) is 0. The van der Waals surface area contributed by atoms with Crippen LogP contribution in [0, 0.1) is 11.3 Å². The molecule has 0 amide bonds. The average Bonchev–Trinajstić information content (AvgIpc) is 2.07. The second-order valence-electron chi connectivity index (χ2n) is 3.85. The molecule has 0 saturated carbocycles. The second-order valence-corrected chi connectivity index (χ2v) is 3.85. The summed E-state index contributed by atoms with van der Waals surface area (Å²) in [5.74, 6) is 0.0103. The van der Waals surface area contributed by atoms with Crippen LogP contribution in [0.4, 0.5) is 4.39 Å². The van der Waals surface area contributed by atoms with Crippen LogP contribution in [0.1, 0.15) is 13.8 Å². The Bertz CT molecular complexity index is 349. The Morgan fingerprint density at radius 2 is 2.31 bits per heavy atom. The molecular formula is C11H12FN. The molecule has 2 atom stereocenters. The fourth-order valence-electron chi connectivity index (χ4n) is 1.83. The van der Waals surface area contributed by atoms with Crippen molar-refractivity contribution in [1.82, 2.24) is 0 Å². The van der Waals surface area contributed by atoms with Crippen LogP contribution < -0.4 is 0 Å². The quantitative estimate of drug-likeness (QED) is 0.539. The van der Waals surface area contributed by atoms with Crippen molar-refractivity contribution in [2.24, 2.45) is 16.3 Å². The summed E-state index contributed by atoms with van der Waals surface area (Å²) in [5, 5.41) is 0. The lowest BCUT2D eigenvalue weighted by Gasteiger charge is -2.32. The fourth-order valence-corrected chi connectivity index (χ4v) is 1.83. The molecule has 0 aromatic heterocycles. The van der Waals surface area contributed by atoms with Crippen molar-refractivity contribution in [1.29, 1.82) is 0 Å². The van der Waals surface area contributed by atoms with Gasteiger partial charge in [-0.3, -0.25) is 4.99 Å². The molecule has 1 aliphatic carbocycles. The maximum Gasteiger partial charge on any atom is 0.122 e. The normalized spacial score (nSPS) is 36.7. The van der Waals surface area contributed by atoms with E-state index in [1.54, 1.807) is 19.2 Å². The van der Waals surface area contributed by atoms with E-state index in [1.807, 2.05) is 18.4 Å². The van der Waals surface area contributed by atoms with Crippen LogP contribution in [-0.2, 0) is 0 Å². The molecule has 0 aromatic carbocycles. The Morgan fingerprint density at radius 3 is 3.08 bits per heavy atom. The zero-order valence-electron chi connectivity index (χ0n) is 7.79. The minimum Gasteiger partial charge on any atom is -0.268 e. The molecule has 0 aromatic rings. The van der Waals surface area contributed by atoms with E-state index in [0.717, 1.165) is 0 Å². The number of hydrogen-bond donors (Lipinski definition) is 0. The lowest BCUT2D eigenvalue weighted by atomic mass is 9.72. The Morgan fingerprint density at radius 1 is 1.54 bits per heavy atom. The van der Waals surface area contributed by atoms with Gasteiger partial charge >= 0.3 is 0 Å². The van der Waals surface area contributed by atoms with E-state index in [-0.39, 0.29) is 17.2 Å². The molecule has 2 aliphatic rings. The van der Waals surface area contributed by atoms with Crippen LogP contribution in [0.3, 0.4) is 0 Å². The molecular weight excluding hydrogens is 165 g/mol. The summed E-state index contributed by atoms with van der Waals surface area (Å²) in [6.07, 6.45) is 9.15. The Labute approximate surface area is 77.4 Å². The first kappa shape index (κ1) is 8.42. The van der Waals surface area contributed by atoms with Crippen molar-refractivity contribution in [2.75, 3.05) is 0 Å². The number of aliphatic imine (C=N–C) groups is 1. The Kier molecular flexibility index (Phi) is 1.72. The third-order valence-electron chi connectivity index (χ3n) is 2.68. The molecule has 0 radical (unpaired) electrons. The number of hydrogen-bond acceptors (Lipinski definition) is 1. The van der Waals surface area contributed by atoms with Crippen molar-refractivity contribution in [3.8, 4) is 0 Å². The highest BCUT2D eigenvalue weighted by atomic mass is 19.1. The van der Waals surface area contributed by atoms with E-state index >= 15 is 0 Å². The Balaban J connectivity index is 2.45. The molecule has 0 saturated heterocycles. The topological polar surface area (TPSA) is 12.4 Å². The predicted octanol–water partition coefficient (Wildman–Crippen LogP) is 3.02. The summed E-state index contributed by atoms with van der Waals surface area (Å²) >= 11 is 0. The van der Waals surface area contributed by atoms with Crippen molar-refractivity contribution in [3.05, 3.63) is 35.8 Å². The minimum absolute atomic E-state index is 0.109. The van der Waals surface area contributed by atoms with Gasteiger partial charge < -0.3 is 0 Å². The maximum absolute atomic E-state index is 13.2. The molecule has 0 bridgehead atoms. The number of halogens is 1. The van der Waals surface area contributed by atoms with Crippen molar-refractivity contribution < 1.29 is 4.39 Å². The molecule has 1 aliphatic heterocycles. The summed E-state index contributed by atoms with van der Waals surface area (Å²) in [5.41, 5.74) is 0.578. The van der Waals surface area contributed by atoms with Gasteiger partial charge in [-0.05, 0) is 18.6 Å². The fraction of sp³-hybridized carbons (Fsp3) is 0.364. The third kappa shape index (κ3) is 1.26. The molecule has 2 heteroatoms. The van der Waals surface area contributed by atoms with E-state index in [9.17, 15) is 4.39 Å². The number of rotatable bonds is 0. The van der Waals surface area contributed by atoms with Crippen LogP contribution in [0.25, 0.3) is 0 Å². The zero-order valence-corrected chi connectivity index (χ0v) is 7.79. The first-order valence-corrected chi connectivity index (χ1v) is 4.40. The Hall–Kier alpha value is -1.18. The van der Waals surface area contributed by atoms with Crippen molar-refractivity contribution >= 4 is 6.21 Å². The predicted molar refractivity (Wildman–Crippen MR) is 52.2 cm³/mol. The molecule has 1 heterocycles. The standard InChI is InChI=1S/C11H12FN/c1-8-6-11(2)7-13-4-3-9(11)5-10(8)12/h3-7,9H,1-2H3. The highest BCUT2D eigenvalue weighted by Crippen LogP contribution is 2.39. The molecule has 0 fully saturated rings. The van der Waals surface area contributed by atoms with Gasteiger partial charge in [-0.2, -0.15) is 0 Å². The van der Waals surface area contributed by atoms with Crippen LogP contribution in [0.15, 0.2) is 40.8 Å². The summed E-state index contributed by atoms with van der Waals surface area (Å²) < 4.78 is 13.2. The highest BCUT2D eigenvalue weighted by molar-refractivity contribution is 5.73. The van der Waals surface area contributed by atoms with Gasteiger partial charge in [-0.25, -0.2) is 4.39 Å². The van der Waals surface area contributed by atoms with E-state index in [4.69, 9.17) is 0 Å². The van der Waals surface area contributed by atoms with Gasteiger partial charge in [-0.1, -0.05) is 19.1 Å². The van der Waals surface area contributed by atoms with E-state index in [2.05, 4.69) is 11.9 Å². The van der Waals surface area contributed by atoms with Gasteiger partial charge in [-0.15, -0.1) is 0 Å². The molecule has 1 nitrogen and oxygen atoms in total. The minimum atomic E-state index is -0.131. The molecule has 68 valence electrons. The molecule has 13 heavy (non-hydrogen) atoms. The van der Waals surface area contributed by atoms with Gasteiger partial charge in [0.15, 0.2) is 0 Å². The van der Waals surface area contributed by atoms with Crippen molar-refractivity contribution in [2.45, 2.75) is 13.8 Å². The molecule has 0 N–H and O–H groups in total. The van der Waals surface area contributed by atoms with Crippen LogP contribution >= 0.6 is 0 Å². The van der Waals surface area contributed by atoms with Gasteiger partial charge in [0.2, 0.25) is 0 Å². The number of allylic oxidation sites excluding steroid dienone is 5. The largest absolute Gasteiger partial charge is 0.268 e. The maximum atomic E-state index is 13.2. The van der Waals surface area contributed by atoms with Crippen LogP contribution in [-0.4, -0.2) is 6.21 Å². The van der Waals surface area contributed by atoms with E-state index in [1.165, 1.54) is 0 Å². The van der Waals surface area contributed by atoms with E-state index in [0.29, 0.717) is 5.57 Å². The van der Waals surface area contributed by atoms with E-state index < -0.39 is 0 Å². The van der Waals surface area contributed by atoms with Gasteiger partial charge in [0.25, 0.3) is 0 Å². The smallest absolute Gasteiger partial charge is 0.122 e. The highest BCUT2D eigenvalue weighted by Gasteiger charge is 2.32. The van der Waals surface area contributed by atoms with Crippen LogP contribution in [0.5, 0.6) is 0 Å². The van der Waals surface area contributed by atoms with Crippen molar-refractivity contribution in [3.63, 3.8) is 0 Å². The molecule has 2 unspecified atom stereocenters. The second kappa shape index (κ2) is 2.66. The summed E-state index contributed by atoms with van der Waals surface area (Å²) in [6.45, 7) is 3.86.